The van der Waals surface area contributed by atoms with Gasteiger partial charge in [-0.05, 0) is 37.0 Å². The highest BCUT2D eigenvalue weighted by Gasteiger charge is 2.32. The summed E-state index contributed by atoms with van der Waals surface area (Å²) >= 11 is 3.40. The number of halogens is 4. The van der Waals surface area contributed by atoms with Crippen LogP contribution in [0.5, 0.6) is 0 Å². The standard InChI is InChI=1S/C14H15BrF3NO/c15-8-10-4-2-6-12(10)19-13(20)9-3-1-5-11(7-9)14(16,17)18/h1,3,5,7,10,12H,2,4,6,8H2,(H,19,20). The third kappa shape index (κ3) is 3.53. The average Bonchev–Trinajstić information content (AvgIpc) is 2.85. The van der Waals surface area contributed by atoms with E-state index in [-0.39, 0.29) is 11.6 Å². The molecule has 0 spiro atoms. The number of alkyl halides is 4. The lowest BCUT2D eigenvalue weighted by molar-refractivity contribution is -0.137. The molecule has 1 saturated carbocycles. The van der Waals surface area contributed by atoms with Crippen molar-refractivity contribution < 1.29 is 18.0 Å². The van der Waals surface area contributed by atoms with Crippen LogP contribution in [-0.2, 0) is 6.18 Å². The Morgan fingerprint density at radius 2 is 2.10 bits per heavy atom. The van der Waals surface area contributed by atoms with Crippen molar-refractivity contribution >= 4 is 21.8 Å². The SMILES string of the molecule is O=C(NC1CCCC1CBr)c1cccc(C(F)(F)F)c1. The van der Waals surface area contributed by atoms with E-state index in [0.29, 0.717) is 5.92 Å². The van der Waals surface area contributed by atoms with Crippen LogP contribution in [0.3, 0.4) is 0 Å². The predicted octanol–water partition coefficient (Wildman–Crippen LogP) is 4.00. The highest BCUT2D eigenvalue weighted by molar-refractivity contribution is 9.09. The van der Waals surface area contributed by atoms with Crippen LogP contribution in [0.1, 0.15) is 35.2 Å². The summed E-state index contributed by atoms with van der Waals surface area (Å²) in [5.41, 5.74) is -0.742. The molecule has 1 fully saturated rings. The molecule has 2 unspecified atom stereocenters. The van der Waals surface area contributed by atoms with Gasteiger partial charge in [-0.15, -0.1) is 0 Å². The van der Waals surface area contributed by atoms with Crippen molar-refractivity contribution in [1.29, 1.82) is 0 Å². The molecule has 0 bridgehead atoms. The number of hydrogen-bond donors (Lipinski definition) is 1. The van der Waals surface area contributed by atoms with Crippen molar-refractivity contribution in [2.75, 3.05) is 5.33 Å². The second-order valence-corrected chi connectivity index (χ2v) is 5.65. The number of amides is 1. The van der Waals surface area contributed by atoms with Crippen LogP contribution in [0.2, 0.25) is 0 Å². The van der Waals surface area contributed by atoms with E-state index in [1.807, 2.05) is 0 Å². The van der Waals surface area contributed by atoms with E-state index in [9.17, 15) is 18.0 Å². The zero-order valence-electron chi connectivity index (χ0n) is 10.7. The van der Waals surface area contributed by atoms with Crippen LogP contribution in [0.25, 0.3) is 0 Å². The zero-order valence-corrected chi connectivity index (χ0v) is 12.3. The first-order chi connectivity index (χ1) is 9.41. The minimum absolute atomic E-state index is 0.0383. The Labute approximate surface area is 123 Å². The third-order valence-corrected chi connectivity index (χ3v) is 4.46. The van der Waals surface area contributed by atoms with Crippen molar-refractivity contribution in [1.82, 2.24) is 5.32 Å². The maximum absolute atomic E-state index is 12.6. The minimum atomic E-state index is -4.43. The number of carbonyl (C=O) groups excluding carboxylic acids is 1. The summed E-state index contributed by atoms with van der Waals surface area (Å²) in [4.78, 5) is 12.0. The Hall–Kier alpha value is -1.04. The van der Waals surface area contributed by atoms with Crippen LogP contribution < -0.4 is 5.32 Å². The lowest BCUT2D eigenvalue weighted by Gasteiger charge is -2.19. The molecule has 0 aliphatic heterocycles. The molecule has 0 aromatic heterocycles. The first kappa shape index (κ1) is 15.4. The minimum Gasteiger partial charge on any atom is -0.349 e. The summed E-state index contributed by atoms with van der Waals surface area (Å²) in [5.74, 6) is -0.0845. The molecule has 2 nitrogen and oxygen atoms in total. The van der Waals surface area contributed by atoms with E-state index in [4.69, 9.17) is 0 Å². The summed E-state index contributed by atoms with van der Waals surface area (Å²) in [6, 6.07) is 4.56. The van der Waals surface area contributed by atoms with Gasteiger partial charge in [0.1, 0.15) is 0 Å². The molecule has 0 heterocycles. The monoisotopic (exact) mass is 349 g/mol. The second-order valence-electron chi connectivity index (χ2n) is 5.00. The summed E-state index contributed by atoms with van der Waals surface area (Å²) in [5, 5.41) is 3.63. The Balaban J connectivity index is 2.10. The van der Waals surface area contributed by atoms with Crippen LogP contribution in [0.4, 0.5) is 13.2 Å². The average molecular weight is 350 g/mol. The van der Waals surface area contributed by atoms with Gasteiger partial charge in [-0.2, -0.15) is 13.2 Å². The van der Waals surface area contributed by atoms with E-state index in [2.05, 4.69) is 21.2 Å². The molecule has 1 aromatic carbocycles. The quantitative estimate of drug-likeness (QED) is 0.821. The first-order valence-corrected chi connectivity index (χ1v) is 7.58. The Bertz CT molecular complexity index is 490. The van der Waals surface area contributed by atoms with Crippen LogP contribution >= 0.6 is 15.9 Å². The summed E-state index contributed by atoms with van der Waals surface area (Å²) in [7, 11) is 0. The van der Waals surface area contributed by atoms with Gasteiger partial charge in [-0.1, -0.05) is 28.4 Å². The van der Waals surface area contributed by atoms with Crippen LogP contribution in [0, 0.1) is 5.92 Å². The van der Waals surface area contributed by atoms with Crippen molar-refractivity contribution in [2.24, 2.45) is 5.92 Å². The topological polar surface area (TPSA) is 29.1 Å². The molecule has 2 atom stereocenters. The highest BCUT2D eigenvalue weighted by atomic mass is 79.9. The predicted molar refractivity (Wildman–Crippen MR) is 73.8 cm³/mol. The maximum Gasteiger partial charge on any atom is 0.416 e. The van der Waals surface area contributed by atoms with Gasteiger partial charge in [0.2, 0.25) is 0 Å². The molecule has 1 aromatic rings. The van der Waals surface area contributed by atoms with E-state index < -0.39 is 17.6 Å². The first-order valence-electron chi connectivity index (χ1n) is 6.46. The van der Waals surface area contributed by atoms with E-state index in [1.54, 1.807) is 0 Å². The van der Waals surface area contributed by atoms with E-state index >= 15 is 0 Å². The Morgan fingerprint density at radius 3 is 2.75 bits per heavy atom. The molecule has 0 saturated heterocycles. The normalized spacial score (nSPS) is 22.8. The fourth-order valence-corrected chi connectivity index (χ4v) is 3.28. The van der Waals surface area contributed by atoms with Crippen LogP contribution in [-0.4, -0.2) is 17.3 Å². The fourth-order valence-electron chi connectivity index (χ4n) is 2.50. The largest absolute Gasteiger partial charge is 0.416 e. The number of rotatable bonds is 3. The molecule has 1 aliphatic carbocycles. The van der Waals surface area contributed by atoms with Crippen molar-refractivity contribution in [3.8, 4) is 0 Å². The molecule has 6 heteroatoms. The van der Waals surface area contributed by atoms with Crippen molar-refractivity contribution in [3.05, 3.63) is 35.4 Å². The molecule has 1 aliphatic rings. The van der Waals surface area contributed by atoms with Gasteiger partial charge >= 0.3 is 6.18 Å². The molecule has 1 amide bonds. The fraction of sp³-hybridized carbons (Fsp3) is 0.500. The van der Waals surface area contributed by atoms with Crippen LogP contribution in [0.15, 0.2) is 24.3 Å². The molecule has 1 N–H and O–H groups in total. The number of benzene rings is 1. The number of nitrogens with one attached hydrogen (secondary N) is 1. The van der Waals surface area contributed by atoms with Gasteiger partial charge in [0.05, 0.1) is 5.56 Å². The van der Waals surface area contributed by atoms with Crippen molar-refractivity contribution in [3.63, 3.8) is 0 Å². The van der Waals surface area contributed by atoms with Gasteiger partial charge in [0.25, 0.3) is 5.91 Å². The third-order valence-electron chi connectivity index (χ3n) is 3.63. The zero-order chi connectivity index (χ0) is 14.8. The molecular weight excluding hydrogens is 335 g/mol. The number of hydrogen-bond acceptors (Lipinski definition) is 1. The van der Waals surface area contributed by atoms with Gasteiger partial charge in [0, 0.05) is 16.9 Å². The Kier molecular flexibility index (Phi) is 4.73. The van der Waals surface area contributed by atoms with Gasteiger partial charge in [0.15, 0.2) is 0 Å². The lowest BCUT2D eigenvalue weighted by Crippen LogP contribution is -2.38. The van der Waals surface area contributed by atoms with Gasteiger partial charge in [-0.25, -0.2) is 0 Å². The lowest BCUT2D eigenvalue weighted by atomic mass is 10.1. The maximum atomic E-state index is 12.6. The molecule has 20 heavy (non-hydrogen) atoms. The summed E-state index contributed by atoms with van der Waals surface area (Å²) in [6.45, 7) is 0. The number of carbonyl (C=O) groups is 1. The van der Waals surface area contributed by atoms with Gasteiger partial charge < -0.3 is 5.32 Å². The van der Waals surface area contributed by atoms with E-state index in [1.165, 1.54) is 12.1 Å². The van der Waals surface area contributed by atoms with Crippen molar-refractivity contribution in [2.45, 2.75) is 31.5 Å². The smallest absolute Gasteiger partial charge is 0.349 e. The second kappa shape index (κ2) is 6.16. The molecular formula is C14H15BrF3NO. The van der Waals surface area contributed by atoms with E-state index in [0.717, 1.165) is 36.7 Å². The van der Waals surface area contributed by atoms with Gasteiger partial charge in [-0.3, -0.25) is 4.79 Å². The molecule has 2 rings (SSSR count). The summed E-state index contributed by atoms with van der Waals surface area (Å²) in [6.07, 6.45) is -1.49. The summed E-state index contributed by atoms with van der Waals surface area (Å²) < 4.78 is 37.8. The Morgan fingerprint density at radius 1 is 1.35 bits per heavy atom. The molecule has 0 radical (unpaired) electrons. The highest BCUT2D eigenvalue weighted by Crippen LogP contribution is 2.30. The molecule has 110 valence electrons.